The van der Waals surface area contributed by atoms with E-state index in [4.69, 9.17) is 5.11 Å². The molecule has 3 nitrogen and oxygen atoms in total. The first-order valence-corrected chi connectivity index (χ1v) is 5.30. The van der Waals surface area contributed by atoms with E-state index in [0.717, 1.165) is 24.1 Å². The van der Waals surface area contributed by atoms with Crippen molar-refractivity contribution in [1.82, 2.24) is 4.98 Å². The molecule has 0 radical (unpaired) electrons. The molecule has 0 fully saturated rings. The quantitative estimate of drug-likeness (QED) is 0.807. The van der Waals surface area contributed by atoms with E-state index in [1.165, 1.54) is 0 Å². The van der Waals surface area contributed by atoms with Crippen molar-refractivity contribution in [2.24, 2.45) is 0 Å². The Balaban J connectivity index is 2.79. The molecule has 1 aromatic heterocycles. The van der Waals surface area contributed by atoms with E-state index in [1.54, 1.807) is 6.20 Å². The maximum atomic E-state index is 11.1. The molecule has 0 amide bonds. The van der Waals surface area contributed by atoms with E-state index in [-0.39, 0.29) is 0 Å². The Kier molecular flexibility index (Phi) is 4.28. The number of aromatic nitrogens is 1. The maximum Gasteiger partial charge on any atom is 0.311 e. The molecule has 0 aromatic carbocycles. The van der Waals surface area contributed by atoms with Crippen LogP contribution >= 0.6 is 0 Å². The van der Waals surface area contributed by atoms with Crippen LogP contribution in [0.1, 0.15) is 43.4 Å². The lowest BCUT2D eigenvalue weighted by atomic mass is 9.95. The zero-order chi connectivity index (χ0) is 11.3. The molecule has 0 saturated carbocycles. The molecule has 15 heavy (non-hydrogen) atoms. The van der Waals surface area contributed by atoms with Crippen molar-refractivity contribution in [3.63, 3.8) is 0 Å². The highest BCUT2D eigenvalue weighted by atomic mass is 16.4. The number of nitrogens with zero attached hydrogens (tertiary/aromatic N) is 1. The highest BCUT2D eigenvalue weighted by Crippen LogP contribution is 2.21. The van der Waals surface area contributed by atoms with Crippen LogP contribution in [0.15, 0.2) is 18.3 Å². The van der Waals surface area contributed by atoms with Gasteiger partial charge in [0.1, 0.15) is 0 Å². The molecule has 1 rings (SSSR count). The Labute approximate surface area is 90.2 Å². The van der Waals surface area contributed by atoms with Gasteiger partial charge in [-0.3, -0.25) is 9.78 Å². The zero-order valence-electron chi connectivity index (χ0n) is 9.23. The Morgan fingerprint density at radius 1 is 1.53 bits per heavy atom. The molecular weight excluding hydrogens is 190 g/mol. The molecule has 0 bridgehead atoms. The van der Waals surface area contributed by atoms with Gasteiger partial charge >= 0.3 is 5.97 Å². The molecule has 3 heteroatoms. The van der Waals surface area contributed by atoms with Crippen molar-refractivity contribution in [3.8, 4) is 0 Å². The van der Waals surface area contributed by atoms with Crippen molar-refractivity contribution in [2.45, 2.75) is 39.0 Å². The molecule has 1 heterocycles. The molecule has 0 spiro atoms. The molecule has 1 unspecified atom stereocenters. The lowest BCUT2D eigenvalue weighted by Gasteiger charge is -2.11. The number of hydrogen-bond donors (Lipinski definition) is 1. The van der Waals surface area contributed by atoms with Crippen LogP contribution in [-0.2, 0) is 4.79 Å². The summed E-state index contributed by atoms with van der Waals surface area (Å²) < 4.78 is 0. The molecule has 1 atom stereocenters. The van der Waals surface area contributed by atoms with Crippen LogP contribution < -0.4 is 0 Å². The third-order valence-electron chi connectivity index (χ3n) is 2.48. The van der Waals surface area contributed by atoms with E-state index in [0.29, 0.717) is 6.42 Å². The van der Waals surface area contributed by atoms with Crippen molar-refractivity contribution in [2.75, 3.05) is 0 Å². The second-order valence-corrected chi connectivity index (χ2v) is 3.77. The van der Waals surface area contributed by atoms with Gasteiger partial charge in [0.2, 0.25) is 0 Å². The van der Waals surface area contributed by atoms with Gasteiger partial charge in [0, 0.05) is 11.9 Å². The van der Waals surface area contributed by atoms with Crippen molar-refractivity contribution in [3.05, 3.63) is 29.6 Å². The number of pyridine rings is 1. The summed E-state index contributed by atoms with van der Waals surface area (Å²) in [5.74, 6) is -1.16. The molecular formula is C12H17NO2. The Morgan fingerprint density at radius 2 is 2.27 bits per heavy atom. The van der Waals surface area contributed by atoms with Gasteiger partial charge in [-0.25, -0.2) is 0 Å². The van der Waals surface area contributed by atoms with E-state index in [9.17, 15) is 4.79 Å². The normalized spacial score (nSPS) is 12.4. The summed E-state index contributed by atoms with van der Waals surface area (Å²) in [6.45, 7) is 3.96. The summed E-state index contributed by atoms with van der Waals surface area (Å²) in [5.41, 5.74) is 1.72. The second-order valence-electron chi connectivity index (χ2n) is 3.77. The number of aryl methyl sites for hydroxylation is 1. The minimum Gasteiger partial charge on any atom is -0.481 e. The molecule has 82 valence electrons. The Bertz CT molecular complexity index is 319. The van der Waals surface area contributed by atoms with Crippen molar-refractivity contribution in [1.29, 1.82) is 0 Å². The number of rotatable bonds is 5. The van der Waals surface area contributed by atoms with Gasteiger partial charge in [0.05, 0.1) is 5.92 Å². The number of hydrogen-bond acceptors (Lipinski definition) is 2. The highest BCUT2D eigenvalue weighted by Gasteiger charge is 2.18. The highest BCUT2D eigenvalue weighted by molar-refractivity contribution is 5.75. The number of aliphatic carboxylic acids is 1. The molecule has 0 saturated heterocycles. The zero-order valence-corrected chi connectivity index (χ0v) is 9.23. The van der Waals surface area contributed by atoms with Crippen molar-refractivity contribution >= 4 is 5.97 Å². The van der Waals surface area contributed by atoms with Gasteiger partial charge in [-0.2, -0.15) is 0 Å². The third kappa shape index (κ3) is 3.35. The standard InChI is InChI=1S/C12H17NO2/c1-3-4-5-11(12(14)15)10-7-6-9(2)13-8-10/h6-8,11H,3-5H2,1-2H3,(H,14,15). The predicted octanol–water partition coefficient (Wildman–Crippen LogP) is 2.75. The summed E-state index contributed by atoms with van der Waals surface area (Å²) >= 11 is 0. The molecule has 1 N–H and O–H groups in total. The monoisotopic (exact) mass is 207 g/mol. The average molecular weight is 207 g/mol. The van der Waals surface area contributed by atoms with Gasteiger partial charge in [-0.05, 0) is 25.0 Å². The summed E-state index contributed by atoms with van der Waals surface area (Å²) in [5, 5.41) is 9.09. The summed E-state index contributed by atoms with van der Waals surface area (Å²) in [6.07, 6.45) is 4.31. The van der Waals surface area contributed by atoms with E-state index >= 15 is 0 Å². The van der Waals surface area contributed by atoms with Crippen molar-refractivity contribution < 1.29 is 9.90 Å². The van der Waals surface area contributed by atoms with E-state index in [1.807, 2.05) is 19.1 Å². The van der Waals surface area contributed by atoms with Gasteiger partial charge in [0.25, 0.3) is 0 Å². The minimum absolute atomic E-state index is 0.405. The van der Waals surface area contributed by atoms with E-state index in [2.05, 4.69) is 11.9 Å². The van der Waals surface area contributed by atoms with E-state index < -0.39 is 11.9 Å². The number of carbonyl (C=O) groups is 1. The fourth-order valence-corrected chi connectivity index (χ4v) is 1.53. The first kappa shape index (κ1) is 11.7. The fourth-order valence-electron chi connectivity index (χ4n) is 1.53. The fraction of sp³-hybridized carbons (Fsp3) is 0.500. The molecule has 0 aliphatic heterocycles. The molecule has 1 aromatic rings. The average Bonchev–Trinajstić information content (AvgIpc) is 2.21. The number of unbranched alkanes of at least 4 members (excludes halogenated alkanes) is 1. The summed E-state index contributed by atoms with van der Waals surface area (Å²) in [6, 6.07) is 3.72. The van der Waals surface area contributed by atoms with Gasteiger partial charge in [-0.1, -0.05) is 25.8 Å². The minimum atomic E-state index is -0.755. The molecule has 0 aliphatic carbocycles. The van der Waals surface area contributed by atoms with Crippen LogP contribution in [-0.4, -0.2) is 16.1 Å². The third-order valence-corrected chi connectivity index (χ3v) is 2.48. The van der Waals surface area contributed by atoms with Gasteiger partial charge in [0.15, 0.2) is 0 Å². The van der Waals surface area contributed by atoms with Gasteiger partial charge < -0.3 is 5.11 Å². The van der Waals surface area contributed by atoms with Gasteiger partial charge in [-0.15, -0.1) is 0 Å². The Hall–Kier alpha value is -1.38. The first-order chi connectivity index (χ1) is 7.15. The van der Waals surface area contributed by atoms with Crippen LogP contribution in [0, 0.1) is 6.92 Å². The summed E-state index contributed by atoms with van der Waals surface area (Å²) in [7, 11) is 0. The first-order valence-electron chi connectivity index (χ1n) is 5.30. The van der Waals surface area contributed by atoms with Crippen LogP contribution in [0.2, 0.25) is 0 Å². The SMILES string of the molecule is CCCCC(C(=O)O)c1ccc(C)nc1. The molecule has 0 aliphatic rings. The smallest absolute Gasteiger partial charge is 0.311 e. The second kappa shape index (κ2) is 5.49. The van der Waals surface area contributed by atoms with Crippen LogP contribution in [0.4, 0.5) is 0 Å². The lowest BCUT2D eigenvalue weighted by molar-refractivity contribution is -0.139. The lowest BCUT2D eigenvalue weighted by Crippen LogP contribution is -2.11. The van der Waals surface area contributed by atoms with Crippen LogP contribution in [0.25, 0.3) is 0 Å². The Morgan fingerprint density at radius 3 is 2.73 bits per heavy atom. The maximum absolute atomic E-state index is 11.1. The van der Waals surface area contributed by atoms with Crippen LogP contribution in [0.3, 0.4) is 0 Å². The largest absolute Gasteiger partial charge is 0.481 e. The number of carboxylic acids is 1. The summed E-state index contributed by atoms with van der Waals surface area (Å²) in [4.78, 5) is 15.2. The van der Waals surface area contributed by atoms with Crippen LogP contribution in [0.5, 0.6) is 0 Å². The predicted molar refractivity (Wildman–Crippen MR) is 58.9 cm³/mol. The number of carboxylic acid groups (broad SMARTS) is 1. The topological polar surface area (TPSA) is 50.2 Å².